The van der Waals surface area contributed by atoms with E-state index in [4.69, 9.17) is 5.73 Å². The lowest BCUT2D eigenvalue weighted by Crippen LogP contribution is -2.45. The fourth-order valence-electron chi connectivity index (χ4n) is 3.11. The van der Waals surface area contributed by atoms with Gasteiger partial charge in [0, 0.05) is 45.0 Å². The fraction of sp³-hybridized carbons (Fsp3) is 0.333. The summed E-state index contributed by atoms with van der Waals surface area (Å²) in [6.45, 7) is 5.91. The van der Waals surface area contributed by atoms with E-state index in [0.717, 1.165) is 44.8 Å². The molecule has 4 N–H and O–H groups in total. The second kappa shape index (κ2) is 7.81. The maximum Gasteiger partial charge on any atom is 0.488 e. The molecule has 0 aromatic heterocycles. The van der Waals surface area contributed by atoms with Crippen LogP contribution in [0.1, 0.15) is 11.1 Å². The van der Waals surface area contributed by atoms with E-state index in [9.17, 15) is 10.0 Å². The van der Waals surface area contributed by atoms with Gasteiger partial charge in [-0.25, -0.2) is 0 Å². The van der Waals surface area contributed by atoms with Crippen molar-refractivity contribution in [1.82, 2.24) is 9.80 Å². The summed E-state index contributed by atoms with van der Waals surface area (Å²) in [7, 11) is -1.47. The lowest BCUT2D eigenvalue weighted by Gasteiger charge is -2.35. The molecular formula is C18H24BN3O2. The number of rotatable bonds is 5. The topological polar surface area (TPSA) is 73.0 Å². The second-order valence-electron chi connectivity index (χ2n) is 6.37. The Labute approximate surface area is 143 Å². The van der Waals surface area contributed by atoms with Crippen LogP contribution in [-0.2, 0) is 13.1 Å². The number of piperazine rings is 1. The van der Waals surface area contributed by atoms with E-state index >= 15 is 0 Å². The van der Waals surface area contributed by atoms with Gasteiger partial charge in [0.2, 0.25) is 0 Å². The first-order valence-electron chi connectivity index (χ1n) is 8.35. The van der Waals surface area contributed by atoms with Gasteiger partial charge in [0.25, 0.3) is 0 Å². The van der Waals surface area contributed by atoms with Crippen LogP contribution in [0.15, 0.2) is 48.5 Å². The van der Waals surface area contributed by atoms with E-state index in [2.05, 4.69) is 34.1 Å². The highest BCUT2D eigenvalue weighted by atomic mass is 16.4. The van der Waals surface area contributed by atoms with Crippen molar-refractivity contribution in [3.05, 3.63) is 59.7 Å². The second-order valence-corrected chi connectivity index (χ2v) is 6.37. The van der Waals surface area contributed by atoms with Crippen molar-refractivity contribution in [3.8, 4) is 0 Å². The molecule has 0 atom stereocenters. The highest BCUT2D eigenvalue weighted by Gasteiger charge is 2.18. The molecule has 0 aliphatic carbocycles. The Bertz CT molecular complexity index is 659. The zero-order valence-corrected chi connectivity index (χ0v) is 13.8. The van der Waals surface area contributed by atoms with Crippen LogP contribution in [0, 0.1) is 0 Å². The van der Waals surface area contributed by atoms with E-state index in [1.165, 1.54) is 5.56 Å². The Morgan fingerprint density at radius 1 is 0.875 bits per heavy atom. The van der Waals surface area contributed by atoms with Crippen molar-refractivity contribution in [1.29, 1.82) is 0 Å². The molecule has 0 bridgehead atoms. The molecule has 1 aliphatic heterocycles. The zero-order chi connectivity index (χ0) is 16.9. The lowest BCUT2D eigenvalue weighted by molar-refractivity contribution is 0.122. The summed E-state index contributed by atoms with van der Waals surface area (Å²) >= 11 is 0. The van der Waals surface area contributed by atoms with Crippen LogP contribution in [0.3, 0.4) is 0 Å². The molecule has 5 nitrogen and oxygen atoms in total. The maximum absolute atomic E-state index is 9.19. The number of benzene rings is 2. The SMILES string of the molecule is Nc1cc(B(O)O)ccc1CN1CCN(Cc2ccccc2)CC1. The minimum absolute atomic E-state index is 0.434. The van der Waals surface area contributed by atoms with E-state index in [1.807, 2.05) is 12.1 Å². The van der Waals surface area contributed by atoms with Crippen molar-refractivity contribution < 1.29 is 10.0 Å². The van der Waals surface area contributed by atoms with Crippen LogP contribution < -0.4 is 11.2 Å². The minimum atomic E-state index is -1.47. The van der Waals surface area contributed by atoms with E-state index in [-0.39, 0.29) is 0 Å². The first-order chi connectivity index (χ1) is 11.6. The average Bonchev–Trinajstić information content (AvgIpc) is 2.59. The highest BCUT2D eigenvalue weighted by Crippen LogP contribution is 2.15. The summed E-state index contributed by atoms with van der Waals surface area (Å²) in [5, 5.41) is 18.4. The molecule has 0 saturated carbocycles. The summed E-state index contributed by atoms with van der Waals surface area (Å²) in [5.41, 5.74) is 9.49. The van der Waals surface area contributed by atoms with Gasteiger partial charge in [-0.3, -0.25) is 9.80 Å². The fourth-order valence-corrected chi connectivity index (χ4v) is 3.11. The standard InChI is InChI=1S/C18H24BN3O2/c20-18-12-17(19(23)24)7-6-16(18)14-22-10-8-21(9-11-22)13-15-4-2-1-3-5-15/h1-7,12,23-24H,8-11,13-14,20H2. The Morgan fingerprint density at radius 3 is 2.08 bits per heavy atom. The summed E-state index contributed by atoms with van der Waals surface area (Å²) in [5.74, 6) is 0. The highest BCUT2D eigenvalue weighted by molar-refractivity contribution is 6.58. The molecule has 1 saturated heterocycles. The van der Waals surface area contributed by atoms with Gasteiger partial charge < -0.3 is 15.8 Å². The van der Waals surface area contributed by atoms with E-state index in [0.29, 0.717) is 11.2 Å². The van der Waals surface area contributed by atoms with Gasteiger partial charge >= 0.3 is 7.12 Å². The third-order valence-electron chi connectivity index (χ3n) is 4.58. The van der Waals surface area contributed by atoms with Crippen molar-refractivity contribution in [2.75, 3.05) is 31.9 Å². The van der Waals surface area contributed by atoms with E-state index in [1.54, 1.807) is 12.1 Å². The molecule has 2 aromatic carbocycles. The summed E-state index contributed by atoms with van der Waals surface area (Å²) in [6, 6.07) is 15.8. The number of nitrogens with zero attached hydrogens (tertiary/aromatic N) is 2. The molecular weight excluding hydrogens is 301 g/mol. The molecule has 1 heterocycles. The summed E-state index contributed by atoms with van der Waals surface area (Å²) in [4.78, 5) is 4.86. The Balaban J connectivity index is 1.52. The molecule has 3 rings (SSSR count). The number of nitrogen functional groups attached to an aromatic ring is 1. The van der Waals surface area contributed by atoms with Gasteiger partial charge in [-0.15, -0.1) is 0 Å². The molecule has 1 aliphatic rings. The minimum Gasteiger partial charge on any atom is -0.423 e. The predicted octanol–water partition coefficient (Wildman–Crippen LogP) is 0.266. The number of hydrogen-bond donors (Lipinski definition) is 3. The normalized spacial score (nSPS) is 16.2. The number of nitrogens with two attached hydrogens (primary N) is 1. The third-order valence-corrected chi connectivity index (χ3v) is 4.58. The van der Waals surface area contributed by atoms with Crippen molar-refractivity contribution in [2.24, 2.45) is 0 Å². The molecule has 0 unspecified atom stereocenters. The third kappa shape index (κ3) is 4.36. The maximum atomic E-state index is 9.19. The molecule has 126 valence electrons. The summed E-state index contributed by atoms with van der Waals surface area (Å²) in [6.07, 6.45) is 0. The van der Waals surface area contributed by atoms with Gasteiger partial charge in [-0.05, 0) is 22.7 Å². The van der Waals surface area contributed by atoms with Crippen LogP contribution in [-0.4, -0.2) is 53.1 Å². The Hall–Kier alpha value is -1.86. The molecule has 0 radical (unpaired) electrons. The van der Waals surface area contributed by atoms with Crippen molar-refractivity contribution in [3.63, 3.8) is 0 Å². The van der Waals surface area contributed by atoms with Crippen molar-refractivity contribution in [2.45, 2.75) is 13.1 Å². The van der Waals surface area contributed by atoms with Crippen LogP contribution in [0.25, 0.3) is 0 Å². The van der Waals surface area contributed by atoms with Crippen LogP contribution in [0.2, 0.25) is 0 Å². The molecule has 1 fully saturated rings. The lowest BCUT2D eigenvalue weighted by atomic mass is 9.79. The van der Waals surface area contributed by atoms with Gasteiger partial charge in [0.1, 0.15) is 0 Å². The Morgan fingerprint density at radius 2 is 1.50 bits per heavy atom. The average molecular weight is 325 g/mol. The first kappa shape index (κ1) is 17.0. The van der Waals surface area contributed by atoms with Gasteiger partial charge in [-0.2, -0.15) is 0 Å². The summed E-state index contributed by atoms with van der Waals surface area (Å²) < 4.78 is 0. The van der Waals surface area contributed by atoms with Crippen LogP contribution in [0.5, 0.6) is 0 Å². The van der Waals surface area contributed by atoms with E-state index < -0.39 is 7.12 Å². The smallest absolute Gasteiger partial charge is 0.423 e. The molecule has 24 heavy (non-hydrogen) atoms. The number of hydrogen-bond acceptors (Lipinski definition) is 5. The van der Waals surface area contributed by atoms with Crippen molar-refractivity contribution >= 4 is 18.3 Å². The molecule has 0 amide bonds. The molecule has 6 heteroatoms. The van der Waals surface area contributed by atoms with Crippen LogP contribution in [0.4, 0.5) is 5.69 Å². The molecule has 2 aromatic rings. The van der Waals surface area contributed by atoms with Crippen LogP contribution >= 0.6 is 0 Å². The first-order valence-corrected chi connectivity index (χ1v) is 8.35. The Kier molecular flexibility index (Phi) is 5.53. The monoisotopic (exact) mass is 325 g/mol. The predicted molar refractivity (Wildman–Crippen MR) is 97.7 cm³/mol. The zero-order valence-electron chi connectivity index (χ0n) is 13.8. The largest absolute Gasteiger partial charge is 0.488 e. The van der Waals surface area contributed by atoms with Gasteiger partial charge in [-0.1, -0.05) is 42.5 Å². The molecule has 0 spiro atoms. The van der Waals surface area contributed by atoms with Gasteiger partial charge in [0.15, 0.2) is 0 Å². The quantitative estimate of drug-likeness (QED) is 0.544. The number of anilines is 1. The van der Waals surface area contributed by atoms with Gasteiger partial charge in [0.05, 0.1) is 0 Å².